The monoisotopic (exact) mass is 395 g/mol. The van der Waals surface area contributed by atoms with Crippen LogP contribution in [-0.2, 0) is 22.9 Å². The predicted molar refractivity (Wildman–Crippen MR) is 115 cm³/mol. The molecule has 0 aliphatic rings. The van der Waals surface area contributed by atoms with Crippen LogP contribution in [0.15, 0.2) is 79.1 Å². The molecule has 6 heteroatoms. The van der Waals surface area contributed by atoms with Crippen LogP contribution in [0.4, 0.5) is 11.4 Å². The smallest absolute Gasteiger partial charge is 0.233 e. The lowest BCUT2D eigenvalue weighted by Gasteiger charge is -2.19. The first-order valence-corrected chi connectivity index (χ1v) is 10.9. The number of nitrogens with zero attached hydrogens (tertiary/aromatic N) is 2. The fourth-order valence-corrected chi connectivity index (χ4v) is 3.99. The number of anilines is 2. The van der Waals surface area contributed by atoms with Gasteiger partial charge in [0.25, 0.3) is 0 Å². The standard InChI is InChI=1S/C22H25N3O2S/c1-25(17-13-20-11-15-23-16-12-20)22-9-7-21(8-10-22)24-28(26,27)18-14-19-5-3-2-4-6-19/h2-12,15-16,24H,13-14,17-18H2,1H3. The van der Waals surface area contributed by atoms with Crippen LogP contribution in [-0.4, -0.2) is 32.7 Å². The van der Waals surface area contributed by atoms with Crippen molar-refractivity contribution in [2.45, 2.75) is 12.8 Å². The van der Waals surface area contributed by atoms with Crippen molar-refractivity contribution in [3.05, 3.63) is 90.3 Å². The summed E-state index contributed by atoms with van der Waals surface area (Å²) in [6.45, 7) is 0.867. The number of aryl methyl sites for hydroxylation is 1. The van der Waals surface area contributed by atoms with Crippen LogP contribution >= 0.6 is 0 Å². The number of hydrogen-bond donors (Lipinski definition) is 1. The van der Waals surface area contributed by atoms with Gasteiger partial charge in [0, 0.05) is 37.4 Å². The van der Waals surface area contributed by atoms with Crippen molar-refractivity contribution in [1.29, 1.82) is 0 Å². The molecule has 0 saturated heterocycles. The molecule has 0 spiro atoms. The molecule has 3 rings (SSSR count). The molecule has 0 amide bonds. The highest BCUT2D eigenvalue weighted by Gasteiger charge is 2.11. The molecule has 0 fully saturated rings. The summed E-state index contributed by atoms with van der Waals surface area (Å²) < 4.78 is 27.3. The van der Waals surface area contributed by atoms with Crippen LogP contribution in [0.3, 0.4) is 0 Å². The van der Waals surface area contributed by atoms with E-state index in [1.54, 1.807) is 24.5 Å². The van der Waals surface area contributed by atoms with Crippen molar-refractivity contribution in [3.8, 4) is 0 Å². The maximum atomic E-state index is 12.3. The number of pyridine rings is 1. The second-order valence-corrected chi connectivity index (χ2v) is 8.57. The van der Waals surface area contributed by atoms with Crippen LogP contribution in [0, 0.1) is 0 Å². The fraction of sp³-hybridized carbons (Fsp3) is 0.227. The molecular formula is C22H25N3O2S. The minimum atomic E-state index is -3.38. The lowest BCUT2D eigenvalue weighted by molar-refractivity contribution is 0.600. The van der Waals surface area contributed by atoms with Gasteiger partial charge in [-0.15, -0.1) is 0 Å². The predicted octanol–water partition coefficient (Wildman–Crippen LogP) is 3.74. The molecule has 1 aromatic heterocycles. The van der Waals surface area contributed by atoms with Crippen molar-refractivity contribution in [2.24, 2.45) is 0 Å². The molecule has 1 heterocycles. The summed E-state index contributed by atoms with van der Waals surface area (Å²) in [5, 5.41) is 0. The molecule has 2 aromatic carbocycles. The van der Waals surface area contributed by atoms with Crippen molar-refractivity contribution in [3.63, 3.8) is 0 Å². The largest absolute Gasteiger partial charge is 0.374 e. The van der Waals surface area contributed by atoms with E-state index >= 15 is 0 Å². The minimum absolute atomic E-state index is 0.0601. The first-order valence-electron chi connectivity index (χ1n) is 9.26. The quantitative estimate of drug-likeness (QED) is 0.599. The molecule has 0 radical (unpaired) electrons. The zero-order chi connectivity index (χ0) is 19.8. The van der Waals surface area contributed by atoms with Crippen LogP contribution < -0.4 is 9.62 Å². The van der Waals surface area contributed by atoms with Gasteiger partial charge < -0.3 is 4.90 Å². The van der Waals surface area contributed by atoms with E-state index in [9.17, 15) is 8.42 Å². The van der Waals surface area contributed by atoms with Gasteiger partial charge in [-0.25, -0.2) is 8.42 Å². The Bertz CT molecular complexity index is 960. The summed E-state index contributed by atoms with van der Waals surface area (Å²) in [6.07, 6.45) is 5.01. The Morgan fingerprint density at radius 1 is 0.857 bits per heavy atom. The number of rotatable bonds is 9. The van der Waals surface area contributed by atoms with Crippen LogP contribution in [0.25, 0.3) is 0 Å². The van der Waals surface area contributed by atoms with E-state index in [1.807, 2.05) is 61.6 Å². The van der Waals surface area contributed by atoms with E-state index in [0.29, 0.717) is 12.1 Å². The Labute approximate surface area is 167 Å². The topological polar surface area (TPSA) is 62.3 Å². The molecule has 28 heavy (non-hydrogen) atoms. The fourth-order valence-electron chi connectivity index (χ4n) is 2.89. The number of nitrogens with one attached hydrogen (secondary N) is 1. The van der Waals surface area contributed by atoms with Gasteiger partial charge in [-0.05, 0) is 60.4 Å². The third kappa shape index (κ3) is 6.09. The van der Waals surface area contributed by atoms with E-state index in [0.717, 1.165) is 24.2 Å². The van der Waals surface area contributed by atoms with Gasteiger partial charge in [0.2, 0.25) is 10.0 Å². The van der Waals surface area contributed by atoms with Gasteiger partial charge in [-0.2, -0.15) is 0 Å². The molecule has 0 saturated carbocycles. The maximum Gasteiger partial charge on any atom is 0.233 e. The third-order valence-electron chi connectivity index (χ3n) is 4.57. The number of hydrogen-bond acceptors (Lipinski definition) is 4. The summed E-state index contributed by atoms with van der Waals surface area (Å²) in [5.41, 5.74) is 3.88. The molecule has 1 N–H and O–H groups in total. The molecular weight excluding hydrogens is 370 g/mol. The molecule has 0 unspecified atom stereocenters. The summed E-state index contributed by atoms with van der Waals surface area (Å²) in [7, 11) is -1.35. The van der Waals surface area contributed by atoms with Gasteiger partial charge in [0.05, 0.1) is 5.75 Å². The highest BCUT2D eigenvalue weighted by Crippen LogP contribution is 2.18. The van der Waals surface area contributed by atoms with Gasteiger partial charge in [0.1, 0.15) is 0 Å². The number of sulfonamides is 1. The normalized spacial score (nSPS) is 11.2. The summed E-state index contributed by atoms with van der Waals surface area (Å²) in [4.78, 5) is 6.18. The number of benzene rings is 2. The first kappa shape index (κ1) is 19.9. The average Bonchev–Trinajstić information content (AvgIpc) is 2.72. The van der Waals surface area contributed by atoms with Crippen LogP contribution in [0.1, 0.15) is 11.1 Å². The molecule has 0 atom stereocenters. The Hall–Kier alpha value is -2.86. The minimum Gasteiger partial charge on any atom is -0.374 e. The Kier molecular flexibility index (Phi) is 6.66. The maximum absolute atomic E-state index is 12.3. The van der Waals surface area contributed by atoms with E-state index in [1.165, 1.54) is 5.56 Å². The van der Waals surface area contributed by atoms with Gasteiger partial charge >= 0.3 is 0 Å². The molecule has 0 aliphatic heterocycles. The van der Waals surface area contributed by atoms with Crippen molar-refractivity contribution in [2.75, 3.05) is 29.0 Å². The average molecular weight is 396 g/mol. The lowest BCUT2D eigenvalue weighted by Crippen LogP contribution is -2.20. The first-order chi connectivity index (χ1) is 13.5. The van der Waals surface area contributed by atoms with Gasteiger partial charge in [0.15, 0.2) is 0 Å². The Morgan fingerprint density at radius 3 is 2.18 bits per heavy atom. The van der Waals surface area contributed by atoms with E-state index < -0.39 is 10.0 Å². The zero-order valence-corrected chi connectivity index (χ0v) is 16.8. The molecule has 3 aromatic rings. The van der Waals surface area contributed by atoms with E-state index in [4.69, 9.17) is 0 Å². The van der Waals surface area contributed by atoms with Crippen molar-refractivity contribution in [1.82, 2.24) is 4.98 Å². The van der Waals surface area contributed by atoms with Crippen molar-refractivity contribution >= 4 is 21.4 Å². The number of likely N-dealkylation sites (N-methyl/N-ethyl adjacent to an activating group) is 1. The highest BCUT2D eigenvalue weighted by atomic mass is 32.2. The SMILES string of the molecule is CN(CCc1ccncc1)c1ccc(NS(=O)(=O)CCc2ccccc2)cc1. The molecule has 0 bridgehead atoms. The van der Waals surface area contributed by atoms with E-state index in [-0.39, 0.29) is 5.75 Å². The summed E-state index contributed by atoms with van der Waals surface area (Å²) >= 11 is 0. The molecule has 0 aliphatic carbocycles. The Balaban J connectivity index is 1.53. The third-order valence-corrected chi connectivity index (χ3v) is 5.86. The zero-order valence-electron chi connectivity index (χ0n) is 16.0. The summed E-state index contributed by atoms with van der Waals surface area (Å²) in [6, 6.07) is 21.1. The van der Waals surface area contributed by atoms with E-state index in [2.05, 4.69) is 14.6 Å². The van der Waals surface area contributed by atoms with Gasteiger partial charge in [-0.1, -0.05) is 30.3 Å². The summed E-state index contributed by atoms with van der Waals surface area (Å²) in [5.74, 6) is 0.0601. The van der Waals surface area contributed by atoms with Crippen molar-refractivity contribution < 1.29 is 8.42 Å². The molecule has 5 nitrogen and oxygen atoms in total. The van der Waals surface area contributed by atoms with Crippen LogP contribution in [0.5, 0.6) is 0 Å². The molecule has 146 valence electrons. The highest BCUT2D eigenvalue weighted by molar-refractivity contribution is 7.92. The van der Waals surface area contributed by atoms with Gasteiger partial charge in [-0.3, -0.25) is 9.71 Å². The Morgan fingerprint density at radius 2 is 1.50 bits per heavy atom. The second-order valence-electron chi connectivity index (χ2n) is 6.73. The second kappa shape index (κ2) is 9.37. The lowest BCUT2D eigenvalue weighted by atomic mass is 10.2. The van der Waals surface area contributed by atoms with Crippen LogP contribution in [0.2, 0.25) is 0 Å². The number of aromatic nitrogens is 1.